The first-order valence-corrected chi connectivity index (χ1v) is 8.37. The van der Waals surface area contributed by atoms with Gasteiger partial charge in [-0.3, -0.25) is 4.79 Å². The third-order valence-electron chi connectivity index (χ3n) is 3.98. The summed E-state index contributed by atoms with van der Waals surface area (Å²) in [6, 6.07) is -1.15. The molecule has 0 saturated heterocycles. The molecule has 0 aliphatic rings. The SMILES string of the molecule is CNC(CCCCNC(=O)N(C)C[C@H](O)[C@@H](O)[C@H](O)[C@H](O)CO)C(=O)O. The number of carboxylic acids is 1. The number of urea groups is 1. The number of unbranched alkanes of at least 4 members (excludes halogenated alkanes) is 1. The van der Waals surface area contributed by atoms with Crippen molar-refractivity contribution in [2.24, 2.45) is 0 Å². The lowest BCUT2D eigenvalue weighted by atomic mass is 10.0. The molecule has 1 unspecified atom stereocenters. The Labute approximate surface area is 152 Å². The van der Waals surface area contributed by atoms with Crippen molar-refractivity contribution in [1.82, 2.24) is 15.5 Å². The summed E-state index contributed by atoms with van der Waals surface area (Å²) in [5.74, 6) is -0.933. The van der Waals surface area contributed by atoms with Gasteiger partial charge in [-0.1, -0.05) is 0 Å². The molecule has 0 saturated carbocycles. The van der Waals surface area contributed by atoms with E-state index < -0.39 is 49.1 Å². The van der Waals surface area contributed by atoms with Crippen molar-refractivity contribution in [3.63, 3.8) is 0 Å². The molecule has 0 aromatic carbocycles. The standard InChI is InChI=1S/C15H31N3O8/c1-16-9(14(24)25)5-3-4-6-17-15(26)18(2)7-10(20)12(22)13(23)11(21)8-19/h9-13,16,19-23H,3-8H2,1-2H3,(H,17,26)(H,24,25)/t9?,10-,11+,12+,13+/m0/s1. The topological polar surface area (TPSA) is 183 Å². The first-order valence-electron chi connectivity index (χ1n) is 8.37. The van der Waals surface area contributed by atoms with E-state index in [9.17, 15) is 30.0 Å². The number of likely N-dealkylation sites (N-methyl/N-ethyl adjacent to an activating group) is 2. The van der Waals surface area contributed by atoms with Crippen LogP contribution in [-0.2, 0) is 4.79 Å². The van der Waals surface area contributed by atoms with Crippen LogP contribution in [-0.4, -0.2) is 112 Å². The molecule has 0 spiro atoms. The second-order valence-electron chi connectivity index (χ2n) is 6.09. The number of carbonyl (C=O) groups is 2. The smallest absolute Gasteiger partial charge is 0.320 e. The van der Waals surface area contributed by atoms with Crippen LogP contribution in [0.15, 0.2) is 0 Å². The molecule has 26 heavy (non-hydrogen) atoms. The van der Waals surface area contributed by atoms with Crippen molar-refractivity contribution in [1.29, 1.82) is 0 Å². The summed E-state index contributed by atoms with van der Waals surface area (Å²) < 4.78 is 0. The summed E-state index contributed by atoms with van der Waals surface area (Å²) in [4.78, 5) is 23.8. The van der Waals surface area contributed by atoms with E-state index in [1.54, 1.807) is 7.05 Å². The lowest BCUT2D eigenvalue weighted by Gasteiger charge is -2.28. The van der Waals surface area contributed by atoms with Crippen LogP contribution in [0.3, 0.4) is 0 Å². The minimum Gasteiger partial charge on any atom is -0.480 e. The van der Waals surface area contributed by atoms with Gasteiger partial charge in [0.2, 0.25) is 0 Å². The number of aliphatic hydroxyl groups is 5. The van der Waals surface area contributed by atoms with Gasteiger partial charge in [-0.25, -0.2) is 4.79 Å². The quantitative estimate of drug-likeness (QED) is 0.153. The molecule has 2 amide bonds. The van der Waals surface area contributed by atoms with Gasteiger partial charge in [0.05, 0.1) is 13.2 Å². The minimum atomic E-state index is -1.75. The molecule has 0 aromatic heterocycles. The van der Waals surface area contributed by atoms with Gasteiger partial charge in [0, 0.05) is 13.6 Å². The van der Waals surface area contributed by atoms with Crippen LogP contribution in [0.1, 0.15) is 19.3 Å². The number of amides is 2. The summed E-state index contributed by atoms with van der Waals surface area (Å²) in [7, 11) is 2.94. The summed E-state index contributed by atoms with van der Waals surface area (Å²) in [5, 5.41) is 61.1. The molecule has 11 nitrogen and oxygen atoms in total. The molecule has 8 N–H and O–H groups in total. The third-order valence-corrected chi connectivity index (χ3v) is 3.98. The number of carbonyl (C=O) groups excluding carboxylic acids is 1. The Morgan fingerprint density at radius 1 is 1.04 bits per heavy atom. The number of carboxylic acid groups (broad SMARTS) is 1. The number of hydrogen-bond acceptors (Lipinski definition) is 8. The molecule has 0 aliphatic carbocycles. The number of hydrogen-bond donors (Lipinski definition) is 8. The summed E-state index contributed by atoms with van der Waals surface area (Å²) >= 11 is 0. The van der Waals surface area contributed by atoms with Gasteiger partial charge in [-0.05, 0) is 26.3 Å². The van der Waals surface area contributed by atoms with Crippen LogP contribution in [0.25, 0.3) is 0 Å². The van der Waals surface area contributed by atoms with Gasteiger partial charge in [-0.2, -0.15) is 0 Å². The van der Waals surface area contributed by atoms with Gasteiger partial charge >= 0.3 is 12.0 Å². The van der Waals surface area contributed by atoms with Crippen LogP contribution in [0.2, 0.25) is 0 Å². The highest BCUT2D eigenvalue weighted by Crippen LogP contribution is 2.06. The predicted molar refractivity (Wildman–Crippen MR) is 91.5 cm³/mol. The summed E-state index contributed by atoms with van der Waals surface area (Å²) in [6.07, 6.45) is -5.03. The summed E-state index contributed by atoms with van der Waals surface area (Å²) in [5.41, 5.74) is 0. The third kappa shape index (κ3) is 8.74. The van der Waals surface area contributed by atoms with E-state index in [4.69, 9.17) is 10.2 Å². The second kappa shape index (κ2) is 12.8. The van der Waals surface area contributed by atoms with Crippen molar-refractivity contribution in [3.8, 4) is 0 Å². The van der Waals surface area contributed by atoms with Gasteiger partial charge in [0.25, 0.3) is 0 Å². The summed E-state index contributed by atoms with van der Waals surface area (Å²) in [6.45, 7) is -0.773. The van der Waals surface area contributed by atoms with E-state index >= 15 is 0 Å². The van der Waals surface area contributed by atoms with Gasteiger partial charge in [-0.15, -0.1) is 0 Å². The molecule has 0 aliphatic heterocycles. The van der Waals surface area contributed by atoms with Crippen molar-refractivity contribution < 1.29 is 40.2 Å². The molecule has 0 radical (unpaired) electrons. The Morgan fingerprint density at radius 2 is 1.62 bits per heavy atom. The fourth-order valence-corrected chi connectivity index (χ4v) is 2.23. The maximum Gasteiger partial charge on any atom is 0.320 e. The second-order valence-corrected chi connectivity index (χ2v) is 6.09. The Balaban J connectivity index is 4.14. The van der Waals surface area contributed by atoms with Gasteiger partial charge in [0.1, 0.15) is 30.5 Å². The normalized spacial score (nSPS) is 17.0. The molecule has 5 atom stereocenters. The van der Waals surface area contributed by atoms with Gasteiger partial charge < -0.3 is 46.2 Å². The van der Waals surface area contributed by atoms with Crippen molar-refractivity contribution in [2.75, 3.05) is 33.8 Å². The average Bonchev–Trinajstić information content (AvgIpc) is 2.61. The van der Waals surface area contributed by atoms with Crippen LogP contribution in [0.4, 0.5) is 4.79 Å². The number of rotatable bonds is 13. The van der Waals surface area contributed by atoms with Crippen LogP contribution < -0.4 is 10.6 Å². The zero-order chi connectivity index (χ0) is 20.3. The monoisotopic (exact) mass is 381 g/mol. The maximum atomic E-state index is 11.9. The van der Waals surface area contributed by atoms with Crippen molar-refractivity contribution >= 4 is 12.0 Å². The molecule has 0 bridgehead atoms. The molecular formula is C15H31N3O8. The highest BCUT2D eigenvalue weighted by atomic mass is 16.4. The molecule has 0 aromatic rings. The first-order chi connectivity index (χ1) is 12.1. The fraction of sp³-hybridized carbons (Fsp3) is 0.867. The Kier molecular flexibility index (Phi) is 12.1. The van der Waals surface area contributed by atoms with Crippen LogP contribution >= 0.6 is 0 Å². The molecule has 11 heteroatoms. The first kappa shape index (κ1) is 24.5. The predicted octanol–water partition coefficient (Wildman–Crippen LogP) is -3.09. The Hall–Kier alpha value is -1.50. The molecule has 0 fully saturated rings. The minimum absolute atomic E-state index is 0.303. The molecule has 0 heterocycles. The van der Waals surface area contributed by atoms with Crippen LogP contribution in [0.5, 0.6) is 0 Å². The number of aliphatic hydroxyl groups excluding tert-OH is 5. The van der Waals surface area contributed by atoms with Crippen molar-refractivity contribution in [3.05, 3.63) is 0 Å². The van der Waals surface area contributed by atoms with E-state index in [0.29, 0.717) is 25.8 Å². The van der Waals surface area contributed by atoms with Crippen LogP contribution in [0, 0.1) is 0 Å². The van der Waals surface area contributed by atoms with E-state index in [2.05, 4.69) is 10.6 Å². The zero-order valence-corrected chi connectivity index (χ0v) is 15.1. The molecule has 0 rings (SSSR count). The highest BCUT2D eigenvalue weighted by molar-refractivity contribution is 5.74. The molecule has 154 valence electrons. The lowest BCUT2D eigenvalue weighted by Crippen LogP contribution is -2.51. The largest absolute Gasteiger partial charge is 0.480 e. The Bertz CT molecular complexity index is 426. The average molecular weight is 381 g/mol. The Morgan fingerprint density at radius 3 is 2.12 bits per heavy atom. The highest BCUT2D eigenvalue weighted by Gasteiger charge is 2.31. The van der Waals surface area contributed by atoms with E-state index in [1.165, 1.54) is 7.05 Å². The maximum absolute atomic E-state index is 11.9. The lowest BCUT2D eigenvalue weighted by molar-refractivity contribution is -0.139. The zero-order valence-electron chi connectivity index (χ0n) is 15.1. The fourth-order valence-electron chi connectivity index (χ4n) is 2.23. The number of aliphatic carboxylic acids is 1. The molecular weight excluding hydrogens is 350 g/mol. The number of nitrogens with zero attached hydrogens (tertiary/aromatic N) is 1. The van der Waals surface area contributed by atoms with E-state index in [1.807, 2.05) is 0 Å². The van der Waals surface area contributed by atoms with Gasteiger partial charge in [0.15, 0.2) is 0 Å². The number of nitrogens with one attached hydrogen (secondary N) is 2. The van der Waals surface area contributed by atoms with Crippen molar-refractivity contribution in [2.45, 2.75) is 49.7 Å². The van der Waals surface area contributed by atoms with E-state index in [0.717, 1.165) is 4.90 Å². The van der Waals surface area contributed by atoms with E-state index in [-0.39, 0.29) is 6.54 Å².